The van der Waals surface area contributed by atoms with Crippen molar-refractivity contribution in [1.29, 1.82) is 0 Å². The highest BCUT2D eigenvalue weighted by atomic mass is 16.2. The van der Waals surface area contributed by atoms with Crippen molar-refractivity contribution >= 4 is 17.5 Å². The van der Waals surface area contributed by atoms with E-state index in [1.807, 2.05) is 31.2 Å². The lowest BCUT2D eigenvalue weighted by Crippen LogP contribution is -2.43. The molecule has 0 fully saturated rings. The third-order valence-corrected chi connectivity index (χ3v) is 4.01. The predicted octanol–water partition coefficient (Wildman–Crippen LogP) is 3.13. The summed E-state index contributed by atoms with van der Waals surface area (Å²) in [6.07, 6.45) is 4.30. The maximum absolute atomic E-state index is 12.6. The van der Waals surface area contributed by atoms with Gasteiger partial charge in [0.2, 0.25) is 5.91 Å². The summed E-state index contributed by atoms with van der Waals surface area (Å²) >= 11 is 0. The summed E-state index contributed by atoms with van der Waals surface area (Å²) in [6, 6.07) is 7.57. The molecule has 0 saturated heterocycles. The summed E-state index contributed by atoms with van der Waals surface area (Å²) in [6.45, 7) is 1.93. The van der Waals surface area contributed by atoms with Crippen LogP contribution in [0.2, 0.25) is 0 Å². The second kappa shape index (κ2) is 4.65. The van der Waals surface area contributed by atoms with Crippen LogP contribution >= 0.6 is 0 Å². The number of aryl methyl sites for hydroxylation is 1. The Kier molecular flexibility index (Phi) is 2.97. The van der Waals surface area contributed by atoms with Gasteiger partial charge in [-0.05, 0) is 44.2 Å². The Morgan fingerprint density at radius 2 is 1.79 bits per heavy atom. The first-order valence-corrected chi connectivity index (χ1v) is 6.82. The second-order valence-electron chi connectivity index (χ2n) is 5.29. The van der Waals surface area contributed by atoms with E-state index in [0.29, 0.717) is 6.42 Å². The van der Waals surface area contributed by atoms with Gasteiger partial charge in [-0.25, -0.2) is 4.90 Å². The van der Waals surface area contributed by atoms with Gasteiger partial charge < -0.3 is 0 Å². The number of rotatable bonds is 1. The molecule has 0 bridgehead atoms. The SMILES string of the molecule is Cc1ccccc1N1C(=O)CC2=C(CCCC2)C1=O. The Labute approximate surface area is 112 Å². The number of benzene rings is 1. The summed E-state index contributed by atoms with van der Waals surface area (Å²) in [5, 5.41) is 0. The highest BCUT2D eigenvalue weighted by Gasteiger charge is 2.35. The Hall–Kier alpha value is -1.90. The molecule has 3 nitrogen and oxygen atoms in total. The lowest BCUT2D eigenvalue weighted by Gasteiger charge is -2.32. The van der Waals surface area contributed by atoms with Crippen molar-refractivity contribution in [3.63, 3.8) is 0 Å². The summed E-state index contributed by atoms with van der Waals surface area (Å²) in [7, 11) is 0. The van der Waals surface area contributed by atoms with Gasteiger partial charge in [-0.1, -0.05) is 23.8 Å². The van der Waals surface area contributed by atoms with Crippen molar-refractivity contribution in [3.8, 4) is 0 Å². The molecular weight excluding hydrogens is 238 g/mol. The topological polar surface area (TPSA) is 37.4 Å². The van der Waals surface area contributed by atoms with Gasteiger partial charge in [0, 0.05) is 12.0 Å². The van der Waals surface area contributed by atoms with E-state index in [0.717, 1.165) is 48.1 Å². The van der Waals surface area contributed by atoms with E-state index in [1.54, 1.807) is 0 Å². The van der Waals surface area contributed by atoms with E-state index in [1.165, 1.54) is 4.90 Å². The third-order valence-electron chi connectivity index (χ3n) is 4.01. The summed E-state index contributed by atoms with van der Waals surface area (Å²) < 4.78 is 0. The molecule has 1 aromatic rings. The fourth-order valence-electron chi connectivity index (χ4n) is 2.99. The molecule has 0 N–H and O–H groups in total. The number of anilines is 1. The van der Waals surface area contributed by atoms with Crippen molar-refractivity contribution in [2.45, 2.75) is 39.0 Å². The molecule has 19 heavy (non-hydrogen) atoms. The zero-order valence-corrected chi connectivity index (χ0v) is 11.1. The van der Waals surface area contributed by atoms with E-state index >= 15 is 0 Å². The van der Waals surface area contributed by atoms with Gasteiger partial charge in [-0.2, -0.15) is 0 Å². The molecule has 0 spiro atoms. The highest BCUT2D eigenvalue weighted by molar-refractivity contribution is 6.24. The first-order valence-electron chi connectivity index (χ1n) is 6.82. The molecule has 0 unspecified atom stereocenters. The number of imide groups is 1. The molecule has 0 aromatic heterocycles. The van der Waals surface area contributed by atoms with Crippen LogP contribution in [0.15, 0.2) is 35.4 Å². The lowest BCUT2D eigenvalue weighted by molar-refractivity contribution is -0.125. The highest BCUT2D eigenvalue weighted by Crippen LogP contribution is 2.35. The standard InChI is InChI=1S/C16H17NO2/c1-11-6-2-5-9-14(11)17-15(18)10-12-7-3-4-8-13(12)16(17)19/h2,5-6,9H,3-4,7-8,10H2,1H3. The summed E-state index contributed by atoms with van der Waals surface area (Å²) in [5.74, 6) is -0.180. The predicted molar refractivity (Wildman–Crippen MR) is 73.8 cm³/mol. The Morgan fingerprint density at radius 3 is 2.58 bits per heavy atom. The number of hydrogen-bond acceptors (Lipinski definition) is 2. The lowest BCUT2D eigenvalue weighted by atomic mass is 9.86. The van der Waals surface area contributed by atoms with Crippen LogP contribution in [0.1, 0.15) is 37.7 Å². The molecule has 98 valence electrons. The van der Waals surface area contributed by atoms with Crippen LogP contribution in [-0.4, -0.2) is 11.8 Å². The smallest absolute Gasteiger partial charge is 0.260 e. The van der Waals surface area contributed by atoms with Crippen LogP contribution in [0, 0.1) is 6.92 Å². The van der Waals surface area contributed by atoms with Crippen LogP contribution in [-0.2, 0) is 9.59 Å². The van der Waals surface area contributed by atoms with Gasteiger partial charge in [0.15, 0.2) is 0 Å². The number of amides is 2. The minimum absolute atomic E-state index is 0.0834. The number of carbonyl (C=O) groups is 2. The average Bonchev–Trinajstić information content (AvgIpc) is 2.41. The van der Waals surface area contributed by atoms with Gasteiger partial charge in [0.25, 0.3) is 5.91 Å². The Morgan fingerprint density at radius 1 is 1.05 bits per heavy atom. The molecule has 3 rings (SSSR count). The maximum Gasteiger partial charge on any atom is 0.260 e. The molecule has 1 heterocycles. The van der Waals surface area contributed by atoms with Crippen LogP contribution in [0.25, 0.3) is 0 Å². The molecule has 2 aliphatic rings. The Bertz CT molecular complexity index is 586. The number of hydrogen-bond donors (Lipinski definition) is 0. The van der Waals surface area contributed by atoms with Crippen molar-refractivity contribution in [3.05, 3.63) is 41.0 Å². The first kappa shape index (κ1) is 12.2. The van der Waals surface area contributed by atoms with E-state index < -0.39 is 0 Å². The molecular formula is C16H17NO2. The minimum atomic E-state index is -0.0970. The molecule has 1 aliphatic heterocycles. The molecule has 1 aromatic carbocycles. The van der Waals surface area contributed by atoms with Gasteiger partial charge in [0.1, 0.15) is 0 Å². The fourth-order valence-corrected chi connectivity index (χ4v) is 2.99. The average molecular weight is 255 g/mol. The molecule has 3 heteroatoms. The van der Waals surface area contributed by atoms with Crippen molar-refractivity contribution in [2.75, 3.05) is 4.90 Å². The molecule has 0 saturated carbocycles. The second-order valence-corrected chi connectivity index (χ2v) is 5.29. The maximum atomic E-state index is 12.6. The molecule has 0 atom stereocenters. The number of para-hydroxylation sites is 1. The minimum Gasteiger partial charge on any atom is -0.274 e. The van der Waals surface area contributed by atoms with Crippen LogP contribution < -0.4 is 4.90 Å². The monoisotopic (exact) mass is 255 g/mol. The van der Waals surface area contributed by atoms with Gasteiger partial charge in [0.05, 0.1) is 5.69 Å². The van der Waals surface area contributed by atoms with Gasteiger partial charge in [-0.15, -0.1) is 0 Å². The largest absolute Gasteiger partial charge is 0.274 e. The third kappa shape index (κ3) is 1.99. The Balaban J connectivity index is 2.04. The van der Waals surface area contributed by atoms with E-state index in [-0.39, 0.29) is 11.8 Å². The zero-order valence-electron chi connectivity index (χ0n) is 11.1. The molecule has 0 radical (unpaired) electrons. The van der Waals surface area contributed by atoms with Gasteiger partial charge in [-0.3, -0.25) is 9.59 Å². The van der Waals surface area contributed by atoms with E-state index in [9.17, 15) is 9.59 Å². The number of nitrogens with zero attached hydrogens (tertiary/aromatic N) is 1. The van der Waals surface area contributed by atoms with E-state index in [4.69, 9.17) is 0 Å². The summed E-state index contributed by atoms with van der Waals surface area (Å²) in [5.41, 5.74) is 3.65. The zero-order chi connectivity index (χ0) is 13.4. The van der Waals surface area contributed by atoms with Gasteiger partial charge >= 0.3 is 0 Å². The van der Waals surface area contributed by atoms with Crippen LogP contribution in [0.4, 0.5) is 5.69 Å². The van der Waals surface area contributed by atoms with Crippen molar-refractivity contribution in [2.24, 2.45) is 0 Å². The first-order chi connectivity index (χ1) is 9.18. The number of carbonyl (C=O) groups excluding carboxylic acids is 2. The quantitative estimate of drug-likeness (QED) is 0.723. The normalized spacial score (nSPS) is 19.7. The molecule has 2 amide bonds. The van der Waals surface area contributed by atoms with Crippen molar-refractivity contribution < 1.29 is 9.59 Å². The van der Waals surface area contributed by atoms with Crippen molar-refractivity contribution in [1.82, 2.24) is 0 Å². The molecule has 1 aliphatic carbocycles. The van der Waals surface area contributed by atoms with Crippen LogP contribution in [0.5, 0.6) is 0 Å². The summed E-state index contributed by atoms with van der Waals surface area (Å²) in [4.78, 5) is 26.2. The van der Waals surface area contributed by atoms with E-state index in [2.05, 4.69) is 0 Å². The van der Waals surface area contributed by atoms with Crippen LogP contribution in [0.3, 0.4) is 0 Å². The fraction of sp³-hybridized carbons (Fsp3) is 0.375.